The van der Waals surface area contributed by atoms with E-state index in [0.29, 0.717) is 18.1 Å². The van der Waals surface area contributed by atoms with Gasteiger partial charge in [0.1, 0.15) is 22.4 Å². The van der Waals surface area contributed by atoms with Crippen molar-refractivity contribution in [2.24, 2.45) is 0 Å². The molecule has 1 aromatic rings. The lowest BCUT2D eigenvalue weighted by atomic mass is 10.2. The van der Waals surface area contributed by atoms with Gasteiger partial charge >= 0.3 is 0 Å². The van der Waals surface area contributed by atoms with Gasteiger partial charge < -0.3 is 10.2 Å². The zero-order valence-corrected chi connectivity index (χ0v) is 12.6. The molecular formula is C10H15BrN4O2S. The monoisotopic (exact) mass is 334 g/mol. The van der Waals surface area contributed by atoms with Gasteiger partial charge in [-0.15, -0.1) is 0 Å². The molecule has 6 nitrogen and oxygen atoms in total. The van der Waals surface area contributed by atoms with Crippen LogP contribution in [0.1, 0.15) is 6.42 Å². The molecule has 2 heterocycles. The minimum Gasteiger partial charge on any atom is -0.372 e. The van der Waals surface area contributed by atoms with Crippen molar-refractivity contribution in [3.63, 3.8) is 0 Å². The largest absolute Gasteiger partial charge is 0.372 e. The van der Waals surface area contributed by atoms with Gasteiger partial charge in [-0.1, -0.05) is 0 Å². The molecule has 1 fully saturated rings. The first-order valence-electron chi connectivity index (χ1n) is 5.56. The number of halogens is 1. The number of hydrogen-bond donors (Lipinski definition) is 1. The molecule has 0 amide bonds. The van der Waals surface area contributed by atoms with Crippen LogP contribution in [-0.4, -0.2) is 50.0 Å². The Hall–Kier alpha value is -0.890. The summed E-state index contributed by atoms with van der Waals surface area (Å²) in [4.78, 5) is 10.2. The Morgan fingerprint density at radius 3 is 2.78 bits per heavy atom. The predicted octanol–water partition coefficient (Wildman–Crippen LogP) is 0.904. The van der Waals surface area contributed by atoms with E-state index >= 15 is 0 Å². The highest BCUT2D eigenvalue weighted by molar-refractivity contribution is 9.10. The third-order valence-corrected chi connectivity index (χ3v) is 5.58. The number of nitrogens with one attached hydrogen (secondary N) is 1. The molecule has 0 radical (unpaired) electrons. The van der Waals surface area contributed by atoms with Crippen LogP contribution in [0.25, 0.3) is 0 Å². The van der Waals surface area contributed by atoms with Crippen molar-refractivity contribution in [1.82, 2.24) is 9.97 Å². The molecular weight excluding hydrogens is 320 g/mol. The Kier molecular flexibility index (Phi) is 3.76. The molecule has 0 aromatic carbocycles. The van der Waals surface area contributed by atoms with Crippen LogP contribution < -0.4 is 10.2 Å². The van der Waals surface area contributed by atoms with E-state index in [1.807, 2.05) is 11.9 Å². The van der Waals surface area contributed by atoms with Crippen LogP contribution in [0.15, 0.2) is 10.8 Å². The van der Waals surface area contributed by atoms with Crippen molar-refractivity contribution in [1.29, 1.82) is 0 Å². The van der Waals surface area contributed by atoms with Crippen molar-refractivity contribution < 1.29 is 8.42 Å². The first-order valence-corrected chi connectivity index (χ1v) is 8.17. The van der Waals surface area contributed by atoms with Gasteiger partial charge in [-0.3, -0.25) is 0 Å². The van der Waals surface area contributed by atoms with Crippen LogP contribution in [0.4, 0.5) is 11.6 Å². The van der Waals surface area contributed by atoms with E-state index in [0.717, 1.165) is 4.47 Å². The summed E-state index contributed by atoms with van der Waals surface area (Å²) in [6, 6.07) is -0.0223. The lowest BCUT2D eigenvalue weighted by Crippen LogP contribution is -2.33. The maximum atomic E-state index is 11.5. The Balaban J connectivity index is 2.27. The lowest BCUT2D eigenvalue weighted by molar-refractivity contribution is 0.600. The highest BCUT2D eigenvalue weighted by Crippen LogP contribution is 2.31. The van der Waals surface area contributed by atoms with Crippen molar-refractivity contribution >= 4 is 37.4 Å². The quantitative estimate of drug-likeness (QED) is 0.885. The van der Waals surface area contributed by atoms with E-state index in [-0.39, 0.29) is 17.5 Å². The Morgan fingerprint density at radius 1 is 1.50 bits per heavy atom. The number of anilines is 2. The number of nitrogens with zero attached hydrogens (tertiary/aromatic N) is 3. The summed E-state index contributed by atoms with van der Waals surface area (Å²) in [5.41, 5.74) is 0. The maximum Gasteiger partial charge on any atom is 0.152 e. The molecule has 1 N–H and O–H groups in total. The standard InChI is InChI=1S/C10H15BrN4O2S/c1-12-9-8(11)10(14-6-13-9)15(2)7-3-4-18(16,17)5-7/h6-7H,3-5H2,1-2H3,(H,12,13,14). The minimum atomic E-state index is -2.89. The molecule has 2 rings (SSSR count). The van der Waals surface area contributed by atoms with Crippen molar-refractivity contribution in [2.45, 2.75) is 12.5 Å². The van der Waals surface area contributed by atoms with Gasteiger partial charge in [0.2, 0.25) is 0 Å². The molecule has 8 heteroatoms. The van der Waals surface area contributed by atoms with Crippen molar-refractivity contribution in [3.05, 3.63) is 10.8 Å². The fraction of sp³-hybridized carbons (Fsp3) is 0.600. The second kappa shape index (κ2) is 5.00. The first kappa shape index (κ1) is 13.5. The average molecular weight is 335 g/mol. The lowest BCUT2D eigenvalue weighted by Gasteiger charge is -2.25. The normalized spacial score (nSPS) is 21.8. The van der Waals surface area contributed by atoms with E-state index < -0.39 is 9.84 Å². The van der Waals surface area contributed by atoms with Crippen LogP contribution in [0.2, 0.25) is 0 Å². The second-order valence-corrected chi connectivity index (χ2v) is 7.30. The van der Waals surface area contributed by atoms with Gasteiger partial charge in [-0.2, -0.15) is 0 Å². The van der Waals surface area contributed by atoms with E-state index in [2.05, 4.69) is 31.2 Å². The molecule has 0 spiro atoms. The molecule has 0 aliphatic carbocycles. The molecule has 1 atom stereocenters. The second-order valence-electron chi connectivity index (χ2n) is 4.28. The summed E-state index contributed by atoms with van der Waals surface area (Å²) in [5, 5.41) is 2.95. The van der Waals surface area contributed by atoms with Gasteiger partial charge in [0.05, 0.1) is 11.5 Å². The minimum absolute atomic E-state index is 0.0223. The molecule has 100 valence electrons. The summed E-state index contributed by atoms with van der Waals surface area (Å²) >= 11 is 3.44. The van der Waals surface area contributed by atoms with Crippen LogP contribution in [0.5, 0.6) is 0 Å². The summed E-state index contributed by atoms with van der Waals surface area (Å²) in [6.07, 6.45) is 2.11. The number of sulfone groups is 1. The Morgan fingerprint density at radius 2 is 2.22 bits per heavy atom. The summed E-state index contributed by atoms with van der Waals surface area (Å²) in [6.45, 7) is 0. The SMILES string of the molecule is CNc1ncnc(N(C)C2CCS(=O)(=O)C2)c1Br. The van der Waals surface area contributed by atoms with E-state index in [1.165, 1.54) is 6.33 Å². The van der Waals surface area contributed by atoms with E-state index in [4.69, 9.17) is 0 Å². The molecule has 1 aliphatic rings. The van der Waals surface area contributed by atoms with Gasteiger partial charge in [0.25, 0.3) is 0 Å². The molecule has 1 saturated heterocycles. The van der Waals surface area contributed by atoms with Gasteiger partial charge in [0.15, 0.2) is 9.84 Å². The molecule has 1 aromatic heterocycles. The number of hydrogen-bond acceptors (Lipinski definition) is 6. The maximum absolute atomic E-state index is 11.5. The number of aromatic nitrogens is 2. The Bertz CT molecular complexity index is 549. The third-order valence-electron chi connectivity index (χ3n) is 3.10. The Labute approximate surface area is 115 Å². The van der Waals surface area contributed by atoms with Crippen LogP contribution in [0, 0.1) is 0 Å². The van der Waals surface area contributed by atoms with Crippen LogP contribution in [-0.2, 0) is 9.84 Å². The van der Waals surface area contributed by atoms with Crippen LogP contribution >= 0.6 is 15.9 Å². The molecule has 0 bridgehead atoms. The molecule has 1 aliphatic heterocycles. The van der Waals surface area contributed by atoms with Crippen molar-refractivity contribution in [2.75, 3.05) is 35.8 Å². The zero-order chi connectivity index (χ0) is 13.3. The van der Waals surface area contributed by atoms with Crippen LogP contribution in [0.3, 0.4) is 0 Å². The van der Waals surface area contributed by atoms with E-state index in [1.54, 1.807) is 7.05 Å². The van der Waals surface area contributed by atoms with Gasteiger partial charge in [-0.05, 0) is 22.4 Å². The summed E-state index contributed by atoms with van der Waals surface area (Å²) < 4.78 is 23.8. The van der Waals surface area contributed by atoms with E-state index in [9.17, 15) is 8.42 Å². The summed E-state index contributed by atoms with van der Waals surface area (Å²) in [5.74, 6) is 1.84. The average Bonchev–Trinajstić information content (AvgIpc) is 2.69. The highest BCUT2D eigenvalue weighted by atomic mass is 79.9. The van der Waals surface area contributed by atoms with Crippen molar-refractivity contribution in [3.8, 4) is 0 Å². The highest BCUT2D eigenvalue weighted by Gasteiger charge is 2.32. The fourth-order valence-corrected chi connectivity index (χ4v) is 4.49. The third kappa shape index (κ3) is 2.59. The zero-order valence-electron chi connectivity index (χ0n) is 10.2. The first-order chi connectivity index (χ1) is 8.44. The fourth-order valence-electron chi connectivity index (χ4n) is 2.03. The topological polar surface area (TPSA) is 75.2 Å². The van der Waals surface area contributed by atoms with Gasteiger partial charge in [-0.25, -0.2) is 18.4 Å². The summed E-state index contributed by atoms with van der Waals surface area (Å²) in [7, 11) is 0.741. The number of rotatable bonds is 3. The smallest absolute Gasteiger partial charge is 0.152 e. The predicted molar refractivity (Wildman–Crippen MR) is 74.7 cm³/mol. The molecule has 18 heavy (non-hydrogen) atoms. The molecule has 1 unspecified atom stereocenters. The van der Waals surface area contributed by atoms with Gasteiger partial charge in [0, 0.05) is 20.1 Å². The molecule has 0 saturated carbocycles.